The van der Waals surface area contributed by atoms with Gasteiger partial charge in [0.25, 0.3) is 0 Å². The first-order valence-corrected chi connectivity index (χ1v) is 10.6. The first kappa shape index (κ1) is 21.1. The first-order valence-electron chi connectivity index (χ1n) is 10.6. The molecule has 2 aromatic rings. The van der Waals surface area contributed by atoms with Crippen LogP contribution in [0.1, 0.15) is 45.7 Å². The lowest BCUT2D eigenvalue weighted by molar-refractivity contribution is -0.121. The number of rotatable bonds is 5. The Morgan fingerprint density at radius 2 is 2.03 bits per heavy atom. The van der Waals surface area contributed by atoms with Gasteiger partial charge in [0.15, 0.2) is 0 Å². The minimum absolute atomic E-state index is 0.0964. The molecule has 0 bridgehead atoms. The van der Waals surface area contributed by atoms with Crippen molar-refractivity contribution in [3.05, 3.63) is 35.9 Å². The molecule has 3 heterocycles. The molecule has 0 unspecified atom stereocenters. The van der Waals surface area contributed by atoms with Crippen LogP contribution < -0.4 is 15.4 Å². The second-order valence-electron chi connectivity index (χ2n) is 9.15. The van der Waals surface area contributed by atoms with Gasteiger partial charge in [-0.3, -0.25) is 14.3 Å². The molecule has 0 fully saturated rings. The molecule has 1 aliphatic carbocycles. The number of anilines is 1. The summed E-state index contributed by atoms with van der Waals surface area (Å²) in [4.78, 5) is 28.6. The van der Waals surface area contributed by atoms with Gasteiger partial charge in [0.05, 0.1) is 19.5 Å². The maximum atomic E-state index is 12.9. The Morgan fingerprint density at radius 3 is 2.77 bits per heavy atom. The van der Waals surface area contributed by atoms with E-state index in [1.54, 1.807) is 13.3 Å². The number of methoxy groups -OCH3 is 1. The van der Waals surface area contributed by atoms with Gasteiger partial charge in [-0.25, -0.2) is 4.98 Å². The average molecular weight is 424 g/mol. The number of aromatic nitrogens is 3. The quantitative estimate of drug-likeness (QED) is 0.769. The third kappa shape index (κ3) is 4.47. The molecule has 0 spiro atoms. The van der Waals surface area contributed by atoms with Crippen LogP contribution in [0.15, 0.2) is 30.2 Å². The number of pyridine rings is 1. The van der Waals surface area contributed by atoms with E-state index in [1.807, 2.05) is 23.0 Å². The van der Waals surface area contributed by atoms with Crippen LogP contribution in [0.5, 0.6) is 5.75 Å². The standard InChI is InChI=1S/C23H29N5O3/c1-14(29)26-16-7-5-6-15(8-16)22(30)27-21-9-17(20(31-4)12-24-21)18-11-25-28-13-23(2,3)10-19(18)28/h7,9,11-12,15H,5-6,8,10,13H2,1-4H3,(H,26,29)(H,24,27,30)/t15-/m0/s1. The fourth-order valence-electron chi connectivity index (χ4n) is 4.45. The van der Waals surface area contributed by atoms with Crippen molar-refractivity contribution < 1.29 is 14.3 Å². The Labute approximate surface area is 182 Å². The normalized spacial score (nSPS) is 19.4. The smallest absolute Gasteiger partial charge is 0.229 e. The van der Waals surface area contributed by atoms with E-state index in [0.717, 1.165) is 42.6 Å². The number of carbonyl (C=O) groups is 2. The van der Waals surface area contributed by atoms with Crippen LogP contribution in [0.3, 0.4) is 0 Å². The van der Waals surface area contributed by atoms with Gasteiger partial charge in [0.2, 0.25) is 11.8 Å². The first-order chi connectivity index (χ1) is 14.8. The van der Waals surface area contributed by atoms with Crippen molar-refractivity contribution >= 4 is 17.6 Å². The summed E-state index contributed by atoms with van der Waals surface area (Å²) in [6, 6.07) is 1.85. The molecule has 8 heteroatoms. The highest BCUT2D eigenvalue weighted by molar-refractivity contribution is 5.93. The Kier molecular flexibility index (Phi) is 5.56. The van der Waals surface area contributed by atoms with E-state index in [1.165, 1.54) is 12.6 Å². The van der Waals surface area contributed by atoms with E-state index in [4.69, 9.17) is 4.74 Å². The minimum atomic E-state index is -0.208. The summed E-state index contributed by atoms with van der Waals surface area (Å²) in [5.74, 6) is 0.702. The van der Waals surface area contributed by atoms with Gasteiger partial charge in [-0.1, -0.05) is 19.9 Å². The van der Waals surface area contributed by atoms with Gasteiger partial charge in [-0.2, -0.15) is 5.10 Å². The number of ether oxygens (including phenoxy) is 1. The second-order valence-corrected chi connectivity index (χ2v) is 9.15. The van der Waals surface area contributed by atoms with Gasteiger partial charge in [0.1, 0.15) is 11.6 Å². The molecule has 0 saturated heterocycles. The predicted molar refractivity (Wildman–Crippen MR) is 117 cm³/mol. The van der Waals surface area contributed by atoms with Crippen molar-refractivity contribution in [3.63, 3.8) is 0 Å². The zero-order valence-electron chi connectivity index (χ0n) is 18.5. The molecule has 0 aromatic carbocycles. The SMILES string of the molecule is COc1cnc(NC(=O)[C@H]2CCC=C(NC(C)=O)C2)cc1-c1cnn2c1CC(C)(C)C2. The second kappa shape index (κ2) is 8.17. The summed E-state index contributed by atoms with van der Waals surface area (Å²) in [5.41, 5.74) is 4.02. The summed E-state index contributed by atoms with van der Waals surface area (Å²) >= 11 is 0. The van der Waals surface area contributed by atoms with Crippen LogP contribution in [0.4, 0.5) is 5.82 Å². The topological polar surface area (TPSA) is 98.1 Å². The number of nitrogens with zero attached hydrogens (tertiary/aromatic N) is 3. The zero-order valence-corrected chi connectivity index (χ0v) is 18.5. The molecule has 8 nitrogen and oxygen atoms in total. The molecule has 2 N–H and O–H groups in total. The van der Waals surface area contributed by atoms with E-state index in [-0.39, 0.29) is 23.1 Å². The van der Waals surface area contributed by atoms with Gasteiger partial charge >= 0.3 is 0 Å². The molecule has 31 heavy (non-hydrogen) atoms. The highest BCUT2D eigenvalue weighted by Gasteiger charge is 2.32. The zero-order chi connectivity index (χ0) is 22.2. The lowest BCUT2D eigenvalue weighted by Gasteiger charge is -2.22. The number of fused-ring (bicyclic) bond motifs is 1. The van der Waals surface area contributed by atoms with Gasteiger partial charge in [-0.05, 0) is 37.2 Å². The molecule has 2 aliphatic rings. The fraction of sp³-hybridized carbons (Fsp3) is 0.478. The molecule has 2 aromatic heterocycles. The van der Waals surface area contributed by atoms with Crippen molar-refractivity contribution in [2.45, 2.75) is 53.0 Å². The van der Waals surface area contributed by atoms with E-state index in [9.17, 15) is 9.59 Å². The summed E-state index contributed by atoms with van der Waals surface area (Å²) < 4.78 is 7.60. The Morgan fingerprint density at radius 1 is 1.23 bits per heavy atom. The van der Waals surface area contributed by atoms with Crippen LogP contribution in [0.25, 0.3) is 11.1 Å². The third-order valence-corrected chi connectivity index (χ3v) is 5.88. The van der Waals surface area contributed by atoms with E-state index >= 15 is 0 Å². The van der Waals surface area contributed by atoms with Crippen LogP contribution in [-0.2, 0) is 22.6 Å². The van der Waals surface area contributed by atoms with Crippen molar-refractivity contribution in [1.29, 1.82) is 0 Å². The molecule has 164 valence electrons. The maximum absolute atomic E-state index is 12.9. The molecule has 0 radical (unpaired) electrons. The van der Waals surface area contributed by atoms with Gasteiger partial charge in [0, 0.05) is 41.9 Å². The van der Waals surface area contributed by atoms with Crippen LogP contribution in [0.2, 0.25) is 0 Å². The van der Waals surface area contributed by atoms with Crippen molar-refractivity contribution in [1.82, 2.24) is 20.1 Å². The minimum Gasteiger partial charge on any atom is -0.494 e. The number of allylic oxidation sites excluding steroid dienone is 2. The number of amides is 2. The summed E-state index contributed by atoms with van der Waals surface area (Å²) in [5, 5.41) is 10.3. The number of carbonyl (C=O) groups excluding carboxylic acids is 2. The molecule has 4 rings (SSSR count). The molecule has 0 saturated carbocycles. The fourth-order valence-corrected chi connectivity index (χ4v) is 4.45. The number of hydrogen-bond donors (Lipinski definition) is 2. The lowest BCUT2D eigenvalue weighted by atomic mass is 9.89. The molecule has 1 aliphatic heterocycles. The largest absolute Gasteiger partial charge is 0.494 e. The Balaban J connectivity index is 1.55. The van der Waals surface area contributed by atoms with Crippen molar-refractivity contribution in [2.75, 3.05) is 12.4 Å². The maximum Gasteiger partial charge on any atom is 0.229 e. The van der Waals surface area contributed by atoms with Crippen molar-refractivity contribution in [3.8, 4) is 16.9 Å². The third-order valence-electron chi connectivity index (χ3n) is 5.88. The van der Waals surface area contributed by atoms with Gasteiger partial charge < -0.3 is 15.4 Å². The Hall–Kier alpha value is -3.16. The number of hydrogen-bond acceptors (Lipinski definition) is 5. The highest BCUT2D eigenvalue weighted by atomic mass is 16.5. The summed E-state index contributed by atoms with van der Waals surface area (Å²) in [6.07, 6.45) is 8.42. The highest BCUT2D eigenvalue weighted by Crippen LogP contribution is 2.40. The van der Waals surface area contributed by atoms with Gasteiger partial charge in [-0.15, -0.1) is 0 Å². The molecule has 1 atom stereocenters. The summed E-state index contributed by atoms with van der Waals surface area (Å²) in [7, 11) is 1.62. The molecule has 2 amide bonds. The van der Waals surface area contributed by atoms with E-state index < -0.39 is 0 Å². The molecular weight excluding hydrogens is 394 g/mol. The van der Waals surface area contributed by atoms with Crippen LogP contribution in [0, 0.1) is 11.3 Å². The van der Waals surface area contributed by atoms with Crippen LogP contribution in [-0.4, -0.2) is 33.7 Å². The predicted octanol–water partition coefficient (Wildman–Crippen LogP) is 3.29. The monoisotopic (exact) mass is 423 g/mol. The lowest BCUT2D eigenvalue weighted by Crippen LogP contribution is -2.29. The average Bonchev–Trinajstić information content (AvgIpc) is 3.22. The molecular formula is C23H29N5O3. The van der Waals surface area contributed by atoms with E-state index in [0.29, 0.717) is 18.0 Å². The summed E-state index contributed by atoms with van der Waals surface area (Å²) in [6.45, 7) is 6.82. The van der Waals surface area contributed by atoms with E-state index in [2.05, 4.69) is 34.6 Å². The van der Waals surface area contributed by atoms with Crippen molar-refractivity contribution in [2.24, 2.45) is 11.3 Å². The Bertz CT molecular complexity index is 1050. The van der Waals surface area contributed by atoms with Crippen LogP contribution >= 0.6 is 0 Å². The number of nitrogens with one attached hydrogen (secondary N) is 2.